The molecule has 0 atom stereocenters. The van der Waals surface area contributed by atoms with E-state index in [0.717, 1.165) is 29.0 Å². The maximum absolute atomic E-state index is 8.86. The Hall–Kier alpha value is -1.68. The fraction of sp³-hybridized carbons (Fsp3) is 0.263. The van der Waals surface area contributed by atoms with Crippen LogP contribution in [0.1, 0.15) is 23.1 Å². The van der Waals surface area contributed by atoms with E-state index in [1.807, 2.05) is 25.2 Å². The number of hydrogen-bond acceptors (Lipinski definition) is 3. The predicted octanol–water partition coefficient (Wildman–Crippen LogP) is 4.59. The number of halogens is 2. The molecule has 5 heteroatoms. The van der Waals surface area contributed by atoms with E-state index in [1.54, 1.807) is 6.07 Å². The van der Waals surface area contributed by atoms with Crippen LogP contribution in [-0.2, 0) is 6.54 Å². The maximum Gasteiger partial charge on any atom is 0.119 e. The van der Waals surface area contributed by atoms with Gasteiger partial charge < -0.3 is 14.7 Å². The smallest absolute Gasteiger partial charge is 0.119 e. The molecule has 0 amide bonds. The quantitative estimate of drug-likeness (QED) is 0.788. The number of aliphatic hydroxyl groups is 1. The second kappa shape index (κ2) is 7.47. The fourth-order valence-corrected chi connectivity index (χ4v) is 3.22. The Balaban J connectivity index is 1.97. The molecule has 0 radical (unpaired) electrons. The monoisotopic (exact) mass is 363 g/mol. The first-order chi connectivity index (χ1) is 11.6. The molecule has 3 rings (SSSR count). The van der Waals surface area contributed by atoms with Crippen molar-refractivity contribution in [2.45, 2.75) is 13.0 Å². The summed E-state index contributed by atoms with van der Waals surface area (Å²) in [6.45, 7) is 1.44. The molecule has 2 aromatic rings. The highest BCUT2D eigenvalue weighted by Crippen LogP contribution is 2.37. The third-order valence-electron chi connectivity index (χ3n) is 3.93. The highest BCUT2D eigenvalue weighted by atomic mass is 35.5. The number of rotatable bonds is 5. The molecule has 1 aliphatic heterocycles. The minimum atomic E-state index is 0.133. The third kappa shape index (κ3) is 3.69. The molecule has 2 aromatic carbocycles. The van der Waals surface area contributed by atoms with Crippen molar-refractivity contribution in [3.8, 4) is 5.75 Å². The minimum Gasteiger partial charge on any atom is -0.493 e. The first-order valence-corrected chi connectivity index (χ1v) is 8.58. The van der Waals surface area contributed by atoms with Crippen LogP contribution in [0.15, 0.2) is 42.6 Å². The zero-order valence-electron chi connectivity index (χ0n) is 13.4. The van der Waals surface area contributed by atoms with E-state index < -0.39 is 0 Å². The molecule has 0 saturated heterocycles. The number of hydrogen-bond donors (Lipinski definition) is 1. The van der Waals surface area contributed by atoms with E-state index in [9.17, 15) is 0 Å². The number of ether oxygens (including phenoxy) is 1. The molecule has 1 aliphatic rings. The van der Waals surface area contributed by atoms with Crippen LogP contribution >= 0.6 is 23.2 Å². The van der Waals surface area contributed by atoms with E-state index in [1.165, 1.54) is 5.56 Å². The van der Waals surface area contributed by atoms with Crippen molar-refractivity contribution in [3.63, 3.8) is 0 Å². The fourth-order valence-electron chi connectivity index (χ4n) is 2.83. The Labute approximate surface area is 152 Å². The Morgan fingerprint density at radius 3 is 2.75 bits per heavy atom. The van der Waals surface area contributed by atoms with Gasteiger partial charge in [-0.15, -0.1) is 0 Å². The van der Waals surface area contributed by atoms with Crippen LogP contribution in [0.25, 0.3) is 5.57 Å². The van der Waals surface area contributed by atoms with Crippen LogP contribution in [0.2, 0.25) is 10.0 Å². The van der Waals surface area contributed by atoms with Gasteiger partial charge in [-0.2, -0.15) is 0 Å². The molecule has 3 nitrogen and oxygen atoms in total. The highest BCUT2D eigenvalue weighted by molar-refractivity contribution is 6.34. The standard InChI is InChI=1S/C19H19Cl2NO2/c1-22-11-13-9-15(24-8-2-7-23)4-5-16(13)18(12-22)17-10-14(20)3-6-19(17)21/h3-6,9-10,12,23H,2,7-8,11H2,1H3. The number of nitrogens with zero attached hydrogens (tertiary/aromatic N) is 1. The third-order valence-corrected chi connectivity index (χ3v) is 4.49. The summed E-state index contributed by atoms with van der Waals surface area (Å²) < 4.78 is 5.69. The van der Waals surface area contributed by atoms with Crippen molar-refractivity contribution in [3.05, 3.63) is 69.3 Å². The van der Waals surface area contributed by atoms with Crippen LogP contribution in [0.3, 0.4) is 0 Å². The van der Waals surface area contributed by atoms with Gasteiger partial charge in [0.05, 0.1) is 6.61 Å². The lowest BCUT2D eigenvalue weighted by Gasteiger charge is -2.27. The lowest BCUT2D eigenvalue weighted by molar-refractivity contribution is 0.233. The Bertz CT molecular complexity index is 774. The molecule has 0 spiro atoms. The van der Waals surface area contributed by atoms with Gasteiger partial charge in [-0.25, -0.2) is 0 Å². The molecule has 0 unspecified atom stereocenters. The van der Waals surface area contributed by atoms with Gasteiger partial charge in [0.25, 0.3) is 0 Å². The van der Waals surface area contributed by atoms with Gasteiger partial charge in [0.2, 0.25) is 0 Å². The van der Waals surface area contributed by atoms with E-state index in [4.69, 9.17) is 33.0 Å². The predicted molar refractivity (Wildman–Crippen MR) is 98.6 cm³/mol. The number of benzene rings is 2. The van der Waals surface area contributed by atoms with Gasteiger partial charge in [-0.05, 0) is 41.5 Å². The number of fused-ring (bicyclic) bond motifs is 1. The van der Waals surface area contributed by atoms with Crippen molar-refractivity contribution in [1.82, 2.24) is 4.90 Å². The normalized spacial score (nSPS) is 13.5. The Morgan fingerprint density at radius 1 is 1.12 bits per heavy atom. The second-order valence-electron chi connectivity index (χ2n) is 5.83. The SMILES string of the molecule is CN1C=C(c2cc(Cl)ccc2Cl)c2ccc(OCCCO)cc2C1. The zero-order chi connectivity index (χ0) is 17.1. The van der Waals surface area contributed by atoms with Crippen LogP contribution in [-0.4, -0.2) is 30.3 Å². The molecule has 1 N–H and O–H groups in total. The summed E-state index contributed by atoms with van der Waals surface area (Å²) in [5, 5.41) is 10.2. The first-order valence-electron chi connectivity index (χ1n) is 7.83. The molecule has 1 heterocycles. The van der Waals surface area contributed by atoms with Crippen molar-refractivity contribution >= 4 is 28.8 Å². The van der Waals surface area contributed by atoms with E-state index in [2.05, 4.69) is 23.2 Å². The second-order valence-corrected chi connectivity index (χ2v) is 6.67. The average Bonchev–Trinajstić information content (AvgIpc) is 2.56. The summed E-state index contributed by atoms with van der Waals surface area (Å²) in [6.07, 6.45) is 2.71. The molecule has 0 fully saturated rings. The molecule has 0 aromatic heterocycles. The topological polar surface area (TPSA) is 32.7 Å². The highest BCUT2D eigenvalue weighted by Gasteiger charge is 2.19. The Kier molecular flexibility index (Phi) is 5.34. The van der Waals surface area contributed by atoms with E-state index in [-0.39, 0.29) is 6.61 Å². The van der Waals surface area contributed by atoms with Gasteiger partial charge in [0.15, 0.2) is 0 Å². The van der Waals surface area contributed by atoms with Gasteiger partial charge in [0.1, 0.15) is 5.75 Å². The van der Waals surface area contributed by atoms with Crippen LogP contribution in [0.5, 0.6) is 5.75 Å². The molecular weight excluding hydrogens is 345 g/mol. The van der Waals surface area contributed by atoms with Gasteiger partial charge in [0, 0.05) is 54.0 Å². The summed E-state index contributed by atoms with van der Waals surface area (Å²) >= 11 is 12.5. The van der Waals surface area contributed by atoms with Crippen LogP contribution in [0, 0.1) is 0 Å². The molecule has 24 heavy (non-hydrogen) atoms. The lowest BCUT2D eigenvalue weighted by atomic mass is 9.91. The van der Waals surface area contributed by atoms with Crippen LogP contribution in [0.4, 0.5) is 0 Å². The van der Waals surface area contributed by atoms with Gasteiger partial charge in [-0.3, -0.25) is 0 Å². The largest absolute Gasteiger partial charge is 0.493 e. The minimum absolute atomic E-state index is 0.133. The summed E-state index contributed by atoms with van der Waals surface area (Å²) in [5.41, 5.74) is 4.28. The lowest BCUT2D eigenvalue weighted by Crippen LogP contribution is -2.17. The van der Waals surface area contributed by atoms with Crippen molar-refractivity contribution in [1.29, 1.82) is 0 Å². The van der Waals surface area contributed by atoms with Crippen LogP contribution < -0.4 is 4.74 Å². The van der Waals surface area contributed by atoms with E-state index >= 15 is 0 Å². The number of aliphatic hydroxyl groups excluding tert-OH is 1. The summed E-state index contributed by atoms with van der Waals surface area (Å²) in [5.74, 6) is 0.814. The molecule has 126 valence electrons. The summed E-state index contributed by atoms with van der Waals surface area (Å²) in [4.78, 5) is 2.12. The van der Waals surface area contributed by atoms with Crippen molar-refractivity contribution < 1.29 is 9.84 Å². The van der Waals surface area contributed by atoms with E-state index in [0.29, 0.717) is 23.1 Å². The summed E-state index contributed by atoms with van der Waals surface area (Å²) in [6, 6.07) is 11.6. The van der Waals surface area contributed by atoms with Gasteiger partial charge >= 0.3 is 0 Å². The zero-order valence-corrected chi connectivity index (χ0v) is 14.9. The molecular formula is C19H19Cl2NO2. The molecule has 0 aliphatic carbocycles. The molecule has 0 bridgehead atoms. The Morgan fingerprint density at radius 2 is 1.96 bits per heavy atom. The summed E-state index contributed by atoms with van der Waals surface area (Å²) in [7, 11) is 2.03. The first kappa shape index (κ1) is 17.2. The van der Waals surface area contributed by atoms with Crippen molar-refractivity contribution in [2.24, 2.45) is 0 Å². The van der Waals surface area contributed by atoms with Gasteiger partial charge in [-0.1, -0.05) is 29.3 Å². The maximum atomic E-state index is 8.86. The van der Waals surface area contributed by atoms with Crippen molar-refractivity contribution in [2.75, 3.05) is 20.3 Å². The average molecular weight is 364 g/mol. The molecule has 0 saturated carbocycles.